The maximum absolute atomic E-state index is 10.5. The number of urea groups is 1. The van der Waals surface area contributed by atoms with E-state index in [2.05, 4.69) is 10.3 Å². The van der Waals surface area contributed by atoms with Crippen molar-refractivity contribution in [3.63, 3.8) is 0 Å². The van der Waals surface area contributed by atoms with Gasteiger partial charge in [0.2, 0.25) is 0 Å². The molecule has 1 atom stereocenters. The van der Waals surface area contributed by atoms with Crippen molar-refractivity contribution in [2.75, 3.05) is 0 Å². The number of carbonyl (C=O) groups is 1. The van der Waals surface area contributed by atoms with E-state index in [0.29, 0.717) is 0 Å². The van der Waals surface area contributed by atoms with Crippen LogP contribution in [-0.2, 0) is 0 Å². The molecule has 0 radical (unpaired) electrons. The third-order valence-corrected chi connectivity index (χ3v) is 1.22. The second-order valence-corrected chi connectivity index (χ2v) is 2.19. The highest BCUT2D eigenvalue weighted by molar-refractivity contribution is 5.90. The summed E-state index contributed by atoms with van der Waals surface area (Å²) < 4.78 is 0. The fourth-order valence-corrected chi connectivity index (χ4v) is 0.546. The largest absolute Gasteiger partial charge is 0.342 e. The van der Waals surface area contributed by atoms with Crippen LogP contribution in [0.4, 0.5) is 4.79 Å². The Morgan fingerprint density at radius 3 is 2.70 bits per heavy atom. The van der Waals surface area contributed by atoms with E-state index in [9.17, 15) is 4.79 Å². The fraction of sp³-hybridized carbons (Fsp3) is 0.500. The topological polar surface area (TPSA) is 120 Å². The van der Waals surface area contributed by atoms with Crippen molar-refractivity contribution in [2.45, 2.75) is 11.8 Å². The Balaban J connectivity index is 2.82. The molecule has 1 rings (SSSR count). The quantitative estimate of drug-likeness (QED) is 0.284. The van der Waals surface area contributed by atoms with E-state index in [1.165, 1.54) is 0 Å². The number of rotatable bonds is 0. The number of amides is 2. The highest BCUT2D eigenvalue weighted by atomic mass is 16.2. The first-order valence-electron chi connectivity index (χ1n) is 2.71. The van der Waals surface area contributed by atoms with Crippen LogP contribution in [0, 0.1) is 0 Å². The summed E-state index contributed by atoms with van der Waals surface area (Å²) >= 11 is 0. The normalized spacial score (nSPS) is 29.9. The summed E-state index contributed by atoms with van der Waals surface area (Å²) in [6, 6.07) is -0.515. The molecule has 0 saturated heterocycles. The number of nitrogens with two attached hydrogens (primary N) is 3. The van der Waals surface area contributed by atoms with Crippen LogP contribution in [0.15, 0.2) is 4.99 Å². The second-order valence-electron chi connectivity index (χ2n) is 2.19. The van der Waals surface area contributed by atoms with E-state index in [1.54, 1.807) is 0 Å². The Labute approximate surface area is 57.5 Å². The number of hydrogen-bond donors (Lipinski definition) is 4. The molecule has 7 N–H and O–H groups in total. The lowest BCUT2D eigenvalue weighted by molar-refractivity contribution is 0.238. The molecule has 0 saturated carbocycles. The van der Waals surface area contributed by atoms with Crippen molar-refractivity contribution < 1.29 is 4.79 Å². The van der Waals surface area contributed by atoms with Gasteiger partial charge in [0.05, 0.1) is 0 Å². The van der Waals surface area contributed by atoms with Crippen LogP contribution in [0.3, 0.4) is 0 Å². The van der Waals surface area contributed by atoms with Gasteiger partial charge in [-0.2, -0.15) is 0 Å². The molecule has 10 heavy (non-hydrogen) atoms. The molecule has 1 unspecified atom stereocenters. The first-order valence-corrected chi connectivity index (χ1v) is 2.71. The molecule has 0 aliphatic carbocycles. The van der Waals surface area contributed by atoms with Gasteiger partial charge in [0.15, 0.2) is 0 Å². The summed E-state index contributed by atoms with van der Waals surface area (Å²) in [5.41, 5.74) is 14.8. The fourth-order valence-electron chi connectivity index (χ4n) is 0.546. The molecule has 6 heteroatoms. The summed E-state index contributed by atoms with van der Waals surface area (Å²) in [5, 5.41) is 2.26. The van der Waals surface area contributed by atoms with Crippen molar-refractivity contribution >= 4 is 12.2 Å². The maximum Gasteiger partial charge on any atom is 0.342 e. The summed E-state index contributed by atoms with van der Waals surface area (Å²) in [6.45, 7) is 0. The van der Waals surface area contributed by atoms with Gasteiger partial charge in [-0.3, -0.25) is 0 Å². The molecule has 1 aliphatic rings. The Bertz CT molecular complexity index is 186. The number of nitrogens with one attached hydrogen (secondary N) is 1. The van der Waals surface area contributed by atoms with Crippen LogP contribution < -0.4 is 22.5 Å². The van der Waals surface area contributed by atoms with Crippen LogP contribution >= 0.6 is 0 Å². The van der Waals surface area contributed by atoms with E-state index in [-0.39, 0.29) is 0 Å². The first-order chi connectivity index (χ1) is 4.52. The molecule has 1 aliphatic heterocycles. The number of nitrogens with zero attached hydrogens (tertiary/aromatic N) is 1. The third-order valence-electron chi connectivity index (χ3n) is 1.22. The molecule has 0 bridgehead atoms. The minimum absolute atomic E-state index is 0.515. The Morgan fingerprint density at radius 1 is 1.70 bits per heavy atom. The summed E-state index contributed by atoms with van der Waals surface area (Å²) in [7, 11) is 0. The predicted octanol–water partition coefficient (Wildman–Crippen LogP) is -2.32. The minimum atomic E-state index is -1.23. The van der Waals surface area contributed by atoms with Crippen LogP contribution in [-0.4, -0.2) is 24.1 Å². The van der Waals surface area contributed by atoms with Crippen LogP contribution in [0.5, 0.6) is 0 Å². The van der Waals surface area contributed by atoms with E-state index >= 15 is 0 Å². The monoisotopic (exact) mass is 143 g/mol. The zero-order valence-corrected chi connectivity index (χ0v) is 5.24. The molecular formula is C4H9N5O. The average molecular weight is 143 g/mol. The van der Waals surface area contributed by atoms with Gasteiger partial charge in [0.25, 0.3) is 0 Å². The molecule has 1 heterocycles. The van der Waals surface area contributed by atoms with Crippen LogP contribution in [0.1, 0.15) is 0 Å². The average Bonchev–Trinajstić information content (AvgIpc) is 1.81. The highest BCUT2D eigenvalue weighted by Gasteiger charge is 2.30. The third kappa shape index (κ3) is 1.13. The zero-order chi connectivity index (χ0) is 7.78. The maximum atomic E-state index is 10.5. The molecular weight excluding hydrogens is 134 g/mol. The van der Waals surface area contributed by atoms with Crippen molar-refractivity contribution in [2.24, 2.45) is 22.2 Å². The Kier molecular flexibility index (Phi) is 1.43. The molecule has 56 valence electrons. The van der Waals surface area contributed by atoms with E-state index in [1.807, 2.05) is 0 Å². The van der Waals surface area contributed by atoms with Gasteiger partial charge in [-0.15, -0.1) is 0 Å². The van der Waals surface area contributed by atoms with Crippen LogP contribution in [0.25, 0.3) is 0 Å². The first kappa shape index (κ1) is 7.13. The Hall–Kier alpha value is -0.980. The summed E-state index contributed by atoms with van der Waals surface area (Å²) in [6.07, 6.45) is 0.369. The van der Waals surface area contributed by atoms with E-state index < -0.39 is 17.9 Å². The Morgan fingerprint density at radius 2 is 2.30 bits per heavy atom. The van der Waals surface area contributed by atoms with E-state index in [0.717, 1.165) is 6.21 Å². The molecule has 0 fully saturated rings. The minimum Gasteiger partial charge on any atom is -0.317 e. The lowest BCUT2D eigenvalue weighted by Gasteiger charge is -2.29. The molecule has 0 aromatic rings. The van der Waals surface area contributed by atoms with Gasteiger partial charge >= 0.3 is 6.03 Å². The van der Waals surface area contributed by atoms with E-state index in [4.69, 9.17) is 17.2 Å². The zero-order valence-electron chi connectivity index (χ0n) is 5.24. The van der Waals surface area contributed by atoms with Crippen molar-refractivity contribution in [1.29, 1.82) is 0 Å². The van der Waals surface area contributed by atoms with Gasteiger partial charge in [-0.25, -0.2) is 9.79 Å². The summed E-state index contributed by atoms with van der Waals surface area (Å²) in [4.78, 5) is 13.8. The lowest BCUT2D eigenvalue weighted by atomic mass is 10.1. The molecule has 0 aromatic carbocycles. The standard InChI is InChI=1S/C4H9N5O/c5-2-4(6,7)1-8-3(10)9-2/h1-2H,5-7H2,(H,9,10). The van der Waals surface area contributed by atoms with Crippen molar-refractivity contribution in [3.8, 4) is 0 Å². The molecule has 0 spiro atoms. The van der Waals surface area contributed by atoms with Gasteiger partial charge in [-0.1, -0.05) is 0 Å². The molecule has 6 nitrogen and oxygen atoms in total. The SMILES string of the molecule is NC1NC(=O)N=CC1(N)N. The van der Waals surface area contributed by atoms with Gasteiger partial charge in [0.1, 0.15) is 11.8 Å². The van der Waals surface area contributed by atoms with Crippen molar-refractivity contribution in [3.05, 3.63) is 0 Å². The second kappa shape index (κ2) is 2.01. The van der Waals surface area contributed by atoms with Crippen LogP contribution in [0.2, 0.25) is 0 Å². The smallest absolute Gasteiger partial charge is 0.317 e. The summed E-state index contributed by atoms with van der Waals surface area (Å²) in [5.74, 6) is 0. The molecule has 0 aromatic heterocycles. The van der Waals surface area contributed by atoms with Gasteiger partial charge in [-0.05, 0) is 0 Å². The molecule has 2 amide bonds. The number of aliphatic imine (C=N–C) groups is 1. The predicted molar refractivity (Wildman–Crippen MR) is 36.1 cm³/mol. The number of hydrogen-bond acceptors (Lipinski definition) is 4. The number of carbonyl (C=O) groups excluding carboxylic acids is 1. The van der Waals surface area contributed by atoms with Gasteiger partial charge in [0, 0.05) is 6.21 Å². The highest BCUT2D eigenvalue weighted by Crippen LogP contribution is 1.96. The lowest BCUT2D eigenvalue weighted by Crippen LogP contribution is -2.71. The van der Waals surface area contributed by atoms with Gasteiger partial charge < -0.3 is 22.5 Å². The van der Waals surface area contributed by atoms with Crippen molar-refractivity contribution in [1.82, 2.24) is 5.32 Å².